The summed E-state index contributed by atoms with van der Waals surface area (Å²) in [5.41, 5.74) is 5.96. The molecule has 12 heavy (non-hydrogen) atoms. The lowest BCUT2D eigenvalue weighted by Gasteiger charge is -1.97. The van der Waals surface area contributed by atoms with E-state index in [9.17, 15) is 4.79 Å². The molecular formula is C8H9ClN2O. The largest absolute Gasteiger partial charge is 0.370 e. The van der Waals surface area contributed by atoms with Crippen molar-refractivity contribution < 1.29 is 4.79 Å². The molecular weight excluding hydrogens is 176 g/mol. The van der Waals surface area contributed by atoms with Crippen LogP contribution >= 0.6 is 11.6 Å². The molecule has 2 N–H and O–H groups in total. The molecule has 64 valence electrons. The number of amides is 1. The molecule has 0 radical (unpaired) electrons. The molecule has 1 aromatic heterocycles. The first-order chi connectivity index (χ1) is 5.68. The zero-order valence-electron chi connectivity index (χ0n) is 6.46. The van der Waals surface area contributed by atoms with Gasteiger partial charge in [-0.25, -0.2) is 4.98 Å². The van der Waals surface area contributed by atoms with E-state index in [4.69, 9.17) is 17.3 Å². The summed E-state index contributed by atoms with van der Waals surface area (Å²) in [6, 6.07) is 3.52. The number of hydrogen-bond acceptors (Lipinski definition) is 2. The van der Waals surface area contributed by atoms with Crippen LogP contribution < -0.4 is 5.73 Å². The standard InChI is InChI=1S/C8H9ClN2O/c9-7-3-1-6(5-11-7)2-4-8(10)12/h1,3,5H,2,4H2,(H2,10,12). The highest BCUT2D eigenvalue weighted by atomic mass is 35.5. The molecule has 0 saturated heterocycles. The van der Waals surface area contributed by atoms with Crippen molar-refractivity contribution in [3.63, 3.8) is 0 Å². The molecule has 0 aromatic carbocycles. The van der Waals surface area contributed by atoms with Gasteiger partial charge in [0.2, 0.25) is 5.91 Å². The van der Waals surface area contributed by atoms with Crippen molar-refractivity contribution in [2.75, 3.05) is 0 Å². The summed E-state index contributed by atoms with van der Waals surface area (Å²) in [5.74, 6) is -0.301. The molecule has 0 aliphatic heterocycles. The molecule has 3 nitrogen and oxygen atoms in total. The van der Waals surface area contributed by atoms with Crippen molar-refractivity contribution >= 4 is 17.5 Å². The van der Waals surface area contributed by atoms with E-state index in [1.54, 1.807) is 12.3 Å². The summed E-state index contributed by atoms with van der Waals surface area (Å²) in [7, 11) is 0. The SMILES string of the molecule is NC(=O)CCc1ccc(Cl)nc1. The van der Waals surface area contributed by atoms with Gasteiger partial charge in [-0.1, -0.05) is 17.7 Å². The van der Waals surface area contributed by atoms with Crippen LogP contribution in [0.2, 0.25) is 5.15 Å². The molecule has 1 heterocycles. The Balaban J connectivity index is 2.53. The fourth-order valence-electron chi connectivity index (χ4n) is 0.822. The highest BCUT2D eigenvalue weighted by Gasteiger charge is 1.97. The molecule has 0 fully saturated rings. The van der Waals surface area contributed by atoms with Crippen molar-refractivity contribution in [3.8, 4) is 0 Å². The number of primary amides is 1. The van der Waals surface area contributed by atoms with Gasteiger partial charge in [-0.15, -0.1) is 0 Å². The van der Waals surface area contributed by atoms with E-state index in [0.29, 0.717) is 18.0 Å². The summed E-state index contributed by atoms with van der Waals surface area (Å²) in [6.45, 7) is 0. The fourth-order valence-corrected chi connectivity index (χ4v) is 0.934. The Morgan fingerprint density at radius 2 is 2.33 bits per heavy atom. The maximum absolute atomic E-state index is 10.4. The Morgan fingerprint density at radius 1 is 1.58 bits per heavy atom. The Kier molecular flexibility index (Phi) is 3.05. The molecule has 0 atom stereocenters. The number of hydrogen-bond donors (Lipinski definition) is 1. The van der Waals surface area contributed by atoms with Gasteiger partial charge >= 0.3 is 0 Å². The van der Waals surface area contributed by atoms with Gasteiger partial charge in [0.05, 0.1) is 0 Å². The highest BCUT2D eigenvalue weighted by Crippen LogP contribution is 2.06. The van der Waals surface area contributed by atoms with E-state index in [1.807, 2.05) is 6.07 Å². The van der Waals surface area contributed by atoms with Crippen LogP contribution in [-0.2, 0) is 11.2 Å². The Labute approximate surface area is 75.6 Å². The van der Waals surface area contributed by atoms with Gasteiger partial charge < -0.3 is 5.73 Å². The van der Waals surface area contributed by atoms with Gasteiger partial charge in [0.25, 0.3) is 0 Å². The van der Waals surface area contributed by atoms with E-state index >= 15 is 0 Å². The smallest absolute Gasteiger partial charge is 0.217 e. The minimum Gasteiger partial charge on any atom is -0.370 e. The second-order valence-electron chi connectivity index (χ2n) is 2.46. The summed E-state index contributed by atoms with van der Waals surface area (Å²) in [5, 5.41) is 0.456. The highest BCUT2D eigenvalue weighted by molar-refractivity contribution is 6.29. The van der Waals surface area contributed by atoms with Crippen LogP contribution in [0.3, 0.4) is 0 Å². The van der Waals surface area contributed by atoms with E-state index < -0.39 is 0 Å². The third kappa shape index (κ3) is 2.88. The molecule has 1 amide bonds. The number of aromatic nitrogens is 1. The Morgan fingerprint density at radius 3 is 2.83 bits per heavy atom. The summed E-state index contributed by atoms with van der Waals surface area (Å²) >= 11 is 5.57. The predicted molar refractivity (Wildman–Crippen MR) is 46.8 cm³/mol. The fraction of sp³-hybridized carbons (Fsp3) is 0.250. The number of nitrogens with zero attached hydrogens (tertiary/aromatic N) is 1. The van der Waals surface area contributed by atoms with Crippen LogP contribution in [-0.4, -0.2) is 10.9 Å². The maximum Gasteiger partial charge on any atom is 0.217 e. The van der Waals surface area contributed by atoms with Crippen LogP contribution in [0.1, 0.15) is 12.0 Å². The third-order valence-corrected chi connectivity index (χ3v) is 1.67. The van der Waals surface area contributed by atoms with E-state index in [0.717, 1.165) is 5.56 Å². The molecule has 0 saturated carbocycles. The lowest BCUT2D eigenvalue weighted by atomic mass is 10.1. The van der Waals surface area contributed by atoms with Crippen molar-refractivity contribution in [1.82, 2.24) is 4.98 Å². The molecule has 1 aromatic rings. The topological polar surface area (TPSA) is 56.0 Å². The number of aryl methyl sites for hydroxylation is 1. The van der Waals surface area contributed by atoms with Crippen molar-refractivity contribution in [2.24, 2.45) is 5.73 Å². The predicted octanol–water partition coefficient (Wildman–Crippen LogP) is 1.15. The number of carbonyl (C=O) groups excluding carboxylic acids is 1. The van der Waals surface area contributed by atoms with Crippen LogP contribution in [0.25, 0.3) is 0 Å². The Hall–Kier alpha value is -1.09. The number of rotatable bonds is 3. The average Bonchev–Trinajstić information content (AvgIpc) is 2.03. The molecule has 1 rings (SSSR count). The molecule has 0 bridgehead atoms. The number of halogens is 1. The Bertz CT molecular complexity index is 271. The quantitative estimate of drug-likeness (QED) is 0.717. The van der Waals surface area contributed by atoms with E-state index in [1.165, 1.54) is 0 Å². The van der Waals surface area contributed by atoms with Crippen LogP contribution in [0, 0.1) is 0 Å². The first-order valence-electron chi connectivity index (χ1n) is 3.57. The van der Waals surface area contributed by atoms with Crippen molar-refractivity contribution in [1.29, 1.82) is 0 Å². The minimum absolute atomic E-state index is 0.301. The summed E-state index contributed by atoms with van der Waals surface area (Å²) in [4.78, 5) is 14.3. The van der Waals surface area contributed by atoms with Crippen molar-refractivity contribution in [2.45, 2.75) is 12.8 Å². The average molecular weight is 185 g/mol. The third-order valence-electron chi connectivity index (χ3n) is 1.45. The summed E-state index contributed by atoms with van der Waals surface area (Å²) < 4.78 is 0. The molecule has 0 spiro atoms. The second-order valence-corrected chi connectivity index (χ2v) is 2.84. The zero-order chi connectivity index (χ0) is 8.97. The zero-order valence-corrected chi connectivity index (χ0v) is 7.21. The van der Waals surface area contributed by atoms with Crippen LogP contribution in [0.5, 0.6) is 0 Å². The van der Waals surface area contributed by atoms with Crippen LogP contribution in [0.15, 0.2) is 18.3 Å². The molecule has 0 aliphatic carbocycles. The molecule has 4 heteroatoms. The van der Waals surface area contributed by atoms with Crippen LogP contribution in [0.4, 0.5) is 0 Å². The minimum atomic E-state index is -0.301. The van der Waals surface area contributed by atoms with Gasteiger partial charge in [-0.3, -0.25) is 4.79 Å². The van der Waals surface area contributed by atoms with E-state index in [2.05, 4.69) is 4.98 Å². The lowest BCUT2D eigenvalue weighted by molar-refractivity contribution is -0.117. The second kappa shape index (κ2) is 4.07. The van der Waals surface area contributed by atoms with Gasteiger partial charge in [-0.05, 0) is 18.1 Å². The monoisotopic (exact) mass is 184 g/mol. The van der Waals surface area contributed by atoms with Crippen molar-refractivity contribution in [3.05, 3.63) is 29.0 Å². The molecule has 0 aliphatic rings. The number of pyridine rings is 1. The van der Waals surface area contributed by atoms with E-state index in [-0.39, 0.29) is 5.91 Å². The molecule has 0 unspecified atom stereocenters. The normalized spacial score (nSPS) is 9.75. The van der Waals surface area contributed by atoms with Gasteiger partial charge in [0.15, 0.2) is 0 Å². The summed E-state index contributed by atoms with van der Waals surface area (Å²) in [6.07, 6.45) is 2.62. The lowest BCUT2D eigenvalue weighted by Crippen LogP contribution is -2.11. The van der Waals surface area contributed by atoms with Gasteiger partial charge in [0, 0.05) is 12.6 Å². The number of nitrogens with two attached hydrogens (primary N) is 1. The maximum atomic E-state index is 10.4. The van der Waals surface area contributed by atoms with Gasteiger partial charge in [-0.2, -0.15) is 0 Å². The van der Waals surface area contributed by atoms with Gasteiger partial charge in [0.1, 0.15) is 5.15 Å². The first kappa shape index (κ1) is 9.00. The number of carbonyl (C=O) groups is 1. The first-order valence-corrected chi connectivity index (χ1v) is 3.95.